The summed E-state index contributed by atoms with van der Waals surface area (Å²) in [5, 5.41) is 9.53. The zero-order valence-corrected chi connectivity index (χ0v) is 28.8. The molecule has 0 fully saturated rings. The van der Waals surface area contributed by atoms with Gasteiger partial charge in [-0.3, -0.25) is 4.57 Å². The van der Waals surface area contributed by atoms with Crippen LogP contribution in [-0.4, -0.2) is 19.5 Å². The van der Waals surface area contributed by atoms with Gasteiger partial charge in [-0.2, -0.15) is 9.97 Å². The number of benzene rings is 8. The van der Waals surface area contributed by atoms with Gasteiger partial charge in [-0.25, -0.2) is 4.98 Å². The van der Waals surface area contributed by atoms with E-state index in [0.717, 1.165) is 32.9 Å². The van der Waals surface area contributed by atoms with Crippen LogP contribution in [0.3, 0.4) is 0 Å². The fraction of sp³-hybridized carbons (Fsp3) is 0.0625. The Hall–Kier alpha value is -6.65. The highest BCUT2D eigenvalue weighted by atomic mass is 15.2. The number of rotatable bonds is 3. The summed E-state index contributed by atoms with van der Waals surface area (Å²) in [5.74, 6) is 1.89. The van der Waals surface area contributed by atoms with E-state index >= 15 is 0 Å². The molecule has 11 rings (SSSR count). The van der Waals surface area contributed by atoms with Gasteiger partial charge in [0.2, 0.25) is 5.95 Å². The summed E-state index contributed by atoms with van der Waals surface area (Å²) in [4.78, 5) is 16.0. The molecule has 0 atom stereocenters. The van der Waals surface area contributed by atoms with Crippen LogP contribution in [0.15, 0.2) is 158 Å². The second kappa shape index (κ2) is 10.7. The van der Waals surface area contributed by atoms with Crippen molar-refractivity contribution in [3.8, 4) is 39.9 Å². The van der Waals surface area contributed by atoms with Crippen LogP contribution in [0, 0.1) is 0 Å². The van der Waals surface area contributed by atoms with Gasteiger partial charge >= 0.3 is 0 Å². The molecule has 4 nitrogen and oxygen atoms in total. The Kier molecular flexibility index (Phi) is 5.98. The van der Waals surface area contributed by atoms with Crippen molar-refractivity contribution in [2.75, 3.05) is 0 Å². The molecule has 0 N–H and O–H groups in total. The topological polar surface area (TPSA) is 43.6 Å². The fourth-order valence-electron chi connectivity index (χ4n) is 8.81. The van der Waals surface area contributed by atoms with Crippen LogP contribution in [0.4, 0.5) is 0 Å². The molecule has 1 aliphatic carbocycles. The SMILES string of the molecule is CC1(C)c2ccccc2-c2cc(-c3nc(-c4ccccc4)nc(-n4c5c6ccccc6ccc5c5c6ccccc6c6ccccc6c54)n3)ccc21. The van der Waals surface area contributed by atoms with Crippen molar-refractivity contribution in [1.29, 1.82) is 0 Å². The van der Waals surface area contributed by atoms with E-state index in [-0.39, 0.29) is 5.41 Å². The molecule has 0 spiro atoms. The van der Waals surface area contributed by atoms with E-state index in [1.165, 1.54) is 54.6 Å². The van der Waals surface area contributed by atoms with Crippen molar-refractivity contribution in [3.05, 3.63) is 169 Å². The Morgan fingerprint density at radius 1 is 0.423 bits per heavy atom. The maximum atomic E-state index is 5.42. The molecule has 52 heavy (non-hydrogen) atoms. The first-order chi connectivity index (χ1) is 25.6. The third-order valence-corrected chi connectivity index (χ3v) is 11.2. The molecule has 0 saturated carbocycles. The maximum absolute atomic E-state index is 5.42. The van der Waals surface area contributed by atoms with Gasteiger partial charge in [-0.05, 0) is 49.9 Å². The molecule has 2 aromatic heterocycles. The van der Waals surface area contributed by atoms with Crippen molar-refractivity contribution < 1.29 is 0 Å². The normalized spacial score (nSPS) is 13.3. The molecule has 0 bridgehead atoms. The second-order valence-corrected chi connectivity index (χ2v) is 14.4. The number of nitrogens with zero attached hydrogens (tertiary/aromatic N) is 4. The minimum atomic E-state index is -0.0855. The second-order valence-electron chi connectivity index (χ2n) is 14.4. The van der Waals surface area contributed by atoms with E-state index in [2.05, 4.69) is 158 Å². The zero-order valence-electron chi connectivity index (χ0n) is 28.8. The highest BCUT2D eigenvalue weighted by molar-refractivity contribution is 6.34. The molecule has 8 aromatic carbocycles. The summed E-state index contributed by atoms with van der Waals surface area (Å²) in [5.41, 5.74) is 9.20. The summed E-state index contributed by atoms with van der Waals surface area (Å²) >= 11 is 0. The zero-order chi connectivity index (χ0) is 34.6. The molecule has 0 unspecified atom stereocenters. The molecule has 244 valence electrons. The minimum Gasteiger partial charge on any atom is -0.277 e. The first-order valence-electron chi connectivity index (χ1n) is 17.9. The van der Waals surface area contributed by atoms with E-state index in [1.807, 2.05) is 18.2 Å². The molecule has 4 heteroatoms. The van der Waals surface area contributed by atoms with E-state index in [1.54, 1.807) is 0 Å². The summed E-state index contributed by atoms with van der Waals surface area (Å²) in [6.45, 7) is 4.62. The monoisotopic (exact) mass is 664 g/mol. The van der Waals surface area contributed by atoms with Gasteiger partial charge in [-0.1, -0.05) is 166 Å². The summed E-state index contributed by atoms with van der Waals surface area (Å²) < 4.78 is 2.31. The molecule has 0 radical (unpaired) electrons. The van der Waals surface area contributed by atoms with Crippen LogP contribution < -0.4 is 0 Å². The Morgan fingerprint density at radius 3 is 1.85 bits per heavy atom. The van der Waals surface area contributed by atoms with E-state index < -0.39 is 0 Å². The van der Waals surface area contributed by atoms with Crippen LogP contribution in [0.5, 0.6) is 0 Å². The summed E-state index contributed by atoms with van der Waals surface area (Å²) in [6.07, 6.45) is 0. The molecule has 0 amide bonds. The van der Waals surface area contributed by atoms with E-state index in [0.29, 0.717) is 17.6 Å². The lowest BCUT2D eigenvalue weighted by molar-refractivity contribution is 0.660. The number of aromatic nitrogens is 4. The lowest BCUT2D eigenvalue weighted by Gasteiger charge is -2.21. The largest absolute Gasteiger partial charge is 0.277 e. The molecular formula is C48H32N4. The molecule has 2 heterocycles. The first kappa shape index (κ1) is 29.1. The average molecular weight is 665 g/mol. The quantitative estimate of drug-likeness (QED) is 0.177. The fourth-order valence-corrected chi connectivity index (χ4v) is 8.81. The van der Waals surface area contributed by atoms with Gasteiger partial charge in [0.25, 0.3) is 0 Å². The highest BCUT2D eigenvalue weighted by Gasteiger charge is 2.35. The van der Waals surface area contributed by atoms with Gasteiger partial charge in [0, 0.05) is 38.1 Å². The van der Waals surface area contributed by atoms with Gasteiger partial charge in [-0.15, -0.1) is 0 Å². The van der Waals surface area contributed by atoms with Crippen LogP contribution in [-0.2, 0) is 5.41 Å². The lowest BCUT2D eigenvalue weighted by Crippen LogP contribution is -2.14. The Bertz CT molecular complexity index is 3100. The molecule has 0 aliphatic heterocycles. The van der Waals surface area contributed by atoms with Crippen LogP contribution in [0.1, 0.15) is 25.0 Å². The van der Waals surface area contributed by atoms with Crippen molar-refractivity contribution in [2.24, 2.45) is 0 Å². The third kappa shape index (κ3) is 4.00. The highest BCUT2D eigenvalue weighted by Crippen LogP contribution is 2.49. The number of fused-ring (bicyclic) bond motifs is 13. The van der Waals surface area contributed by atoms with Crippen LogP contribution >= 0.6 is 0 Å². The average Bonchev–Trinajstić information content (AvgIpc) is 3.68. The summed E-state index contributed by atoms with van der Waals surface area (Å²) in [6, 6.07) is 56.4. The maximum Gasteiger partial charge on any atom is 0.238 e. The van der Waals surface area contributed by atoms with Gasteiger partial charge < -0.3 is 0 Å². The molecular weight excluding hydrogens is 633 g/mol. The Labute approximate surface area is 300 Å². The first-order valence-corrected chi connectivity index (χ1v) is 17.9. The Balaban J connectivity index is 1.29. The third-order valence-electron chi connectivity index (χ3n) is 11.2. The van der Waals surface area contributed by atoms with Crippen molar-refractivity contribution in [2.45, 2.75) is 19.3 Å². The van der Waals surface area contributed by atoms with Crippen LogP contribution in [0.2, 0.25) is 0 Å². The number of hydrogen-bond acceptors (Lipinski definition) is 3. The summed E-state index contributed by atoms with van der Waals surface area (Å²) in [7, 11) is 0. The van der Waals surface area contributed by atoms with Gasteiger partial charge in [0.1, 0.15) is 0 Å². The molecule has 10 aromatic rings. The predicted molar refractivity (Wildman–Crippen MR) is 215 cm³/mol. The Morgan fingerprint density at radius 2 is 1.04 bits per heavy atom. The van der Waals surface area contributed by atoms with E-state index in [9.17, 15) is 0 Å². The number of hydrogen-bond donors (Lipinski definition) is 0. The van der Waals surface area contributed by atoms with E-state index in [4.69, 9.17) is 15.0 Å². The van der Waals surface area contributed by atoms with Gasteiger partial charge in [0.15, 0.2) is 11.6 Å². The molecule has 0 saturated heterocycles. The smallest absolute Gasteiger partial charge is 0.238 e. The van der Waals surface area contributed by atoms with Crippen LogP contribution in [0.25, 0.3) is 94.0 Å². The minimum absolute atomic E-state index is 0.0855. The molecule has 1 aliphatic rings. The predicted octanol–water partition coefficient (Wildman–Crippen LogP) is 12.1. The van der Waals surface area contributed by atoms with Gasteiger partial charge in [0.05, 0.1) is 11.0 Å². The van der Waals surface area contributed by atoms with Crippen molar-refractivity contribution in [3.63, 3.8) is 0 Å². The lowest BCUT2D eigenvalue weighted by atomic mass is 9.82. The standard InChI is InChI=1S/C48H32N4/c1-48(2)40-23-13-12-20-35(40)39-28-31(25-27-41(39)48)46-49-45(30-15-4-3-5-16-30)50-47(51-46)52-43-32-17-7-6-14-29(32)24-26-38(43)42-36-21-10-8-18-33(36)34-19-9-11-22-37(34)44(42)52/h3-28H,1-2H3. The van der Waals surface area contributed by atoms with Crippen molar-refractivity contribution in [1.82, 2.24) is 19.5 Å². The van der Waals surface area contributed by atoms with Crippen molar-refractivity contribution >= 4 is 54.1 Å².